The van der Waals surface area contributed by atoms with Gasteiger partial charge < -0.3 is 18.9 Å². The van der Waals surface area contributed by atoms with E-state index in [0.29, 0.717) is 23.5 Å². The number of fused-ring (bicyclic) bond motifs is 2. The molecule has 8 atom stereocenters. The number of carbonyl (C=O) groups excluding carboxylic acids is 2. The van der Waals surface area contributed by atoms with Crippen molar-refractivity contribution in [3.63, 3.8) is 0 Å². The maximum absolute atomic E-state index is 13.2. The van der Waals surface area contributed by atoms with Crippen molar-refractivity contribution in [2.45, 2.75) is 70.4 Å². The van der Waals surface area contributed by atoms with Crippen molar-refractivity contribution < 1.29 is 43.2 Å². The van der Waals surface area contributed by atoms with Gasteiger partial charge in [0.05, 0.1) is 17.6 Å². The fraction of sp³-hybridized carbons (Fsp3) is 0.500. The molecule has 0 aromatic heterocycles. The molecule has 0 amide bonds. The lowest BCUT2D eigenvalue weighted by Gasteiger charge is -2.59. The van der Waals surface area contributed by atoms with Crippen LogP contribution >= 0.6 is 0 Å². The Hall–Kier alpha value is -3.64. The van der Waals surface area contributed by atoms with Crippen LogP contribution in [0.25, 0.3) is 6.08 Å². The van der Waals surface area contributed by atoms with Gasteiger partial charge in [0.1, 0.15) is 0 Å². The molecule has 11 nitrogen and oxygen atoms in total. The molecule has 0 N–H and O–H groups in total. The Kier molecular flexibility index (Phi) is 7.62. The van der Waals surface area contributed by atoms with Crippen LogP contribution in [0.1, 0.15) is 72.7 Å². The number of hydrogen-bond donors (Lipinski definition) is 0. The molecule has 43 heavy (non-hydrogen) atoms. The lowest BCUT2D eigenvalue weighted by molar-refractivity contribution is -0.576. The van der Waals surface area contributed by atoms with Gasteiger partial charge in [0.2, 0.25) is 12.1 Å². The molecule has 5 fully saturated rings. The maximum Gasteiger partial charge on any atom is 0.340 e. The zero-order valence-electron chi connectivity index (χ0n) is 24.5. The lowest BCUT2D eigenvalue weighted by atomic mass is 9.58. The fourth-order valence-electron chi connectivity index (χ4n) is 7.16. The van der Waals surface area contributed by atoms with Crippen molar-refractivity contribution in [3.05, 3.63) is 75.3 Å². The molecular weight excluding hydrogens is 558 g/mol. The van der Waals surface area contributed by atoms with Gasteiger partial charge in [-0.2, -0.15) is 0 Å². The topological polar surface area (TPSA) is 133 Å². The molecule has 2 aromatic rings. The SMILES string of the molecule is COc1ccc(C(=O)/C=C/c2ccc(C(=O)OC3O[C@@H]4O[C@]5(C)CC[C@H]6[C@H](C)CC[C@@H]([C@H]3C)[C@@]46OO5)cc2)cc1[N+](=O)[O-]. The van der Waals surface area contributed by atoms with Crippen molar-refractivity contribution >= 4 is 23.5 Å². The van der Waals surface area contributed by atoms with Crippen molar-refractivity contribution in [2.75, 3.05) is 7.11 Å². The molecule has 4 heterocycles. The number of ketones is 1. The number of nitrogens with zero attached hydrogens (tertiary/aromatic N) is 1. The van der Waals surface area contributed by atoms with Gasteiger partial charge in [-0.05, 0) is 73.9 Å². The molecule has 0 radical (unpaired) electrons. The standard InChI is InChI=1S/C32H35NO10/c1-18-5-12-24-19(2)29(40-30-32(24)23(18)15-16-31(3,41-30)42-43-32)39-28(35)21-9-6-20(7-10-21)8-13-26(34)22-11-14-27(38-4)25(17-22)33(36)37/h6-11,13-14,17-19,23-24,29-30H,5,12,15-16H2,1-4H3/b13-8+/t18-,19-,23+,24+,29?,30-,31+,32-/m1/s1. The maximum atomic E-state index is 13.2. The van der Waals surface area contributed by atoms with E-state index in [4.69, 9.17) is 28.7 Å². The predicted molar refractivity (Wildman–Crippen MR) is 152 cm³/mol. The van der Waals surface area contributed by atoms with E-state index in [2.05, 4.69) is 6.92 Å². The highest BCUT2D eigenvalue weighted by molar-refractivity contribution is 6.07. The first-order chi connectivity index (χ1) is 20.5. The van der Waals surface area contributed by atoms with Crippen LogP contribution in [0.15, 0.2) is 48.5 Å². The zero-order chi connectivity index (χ0) is 30.5. The van der Waals surface area contributed by atoms with E-state index in [-0.39, 0.29) is 34.8 Å². The Morgan fingerprint density at radius 3 is 2.49 bits per heavy atom. The van der Waals surface area contributed by atoms with E-state index in [0.717, 1.165) is 19.3 Å². The van der Waals surface area contributed by atoms with E-state index >= 15 is 0 Å². The van der Waals surface area contributed by atoms with E-state index in [1.54, 1.807) is 30.3 Å². The van der Waals surface area contributed by atoms with Gasteiger partial charge in [0.25, 0.3) is 0 Å². The lowest BCUT2D eigenvalue weighted by Crippen LogP contribution is -2.70. The number of esters is 1. The van der Waals surface area contributed by atoms with Crippen LogP contribution in [0, 0.1) is 33.8 Å². The molecule has 1 saturated carbocycles. The smallest absolute Gasteiger partial charge is 0.340 e. The molecule has 4 aliphatic heterocycles. The minimum Gasteiger partial charge on any atom is -0.490 e. The molecule has 2 bridgehead atoms. The number of nitro benzene ring substituents is 1. The fourth-order valence-corrected chi connectivity index (χ4v) is 7.16. The molecule has 5 aliphatic rings. The molecule has 228 valence electrons. The van der Waals surface area contributed by atoms with E-state index in [9.17, 15) is 19.7 Å². The van der Waals surface area contributed by atoms with Gasteiger partial charge in [-0.25, -0.2) is 14.6 Å². The summed E-state index contributed by atoms with van der Waals surface area (Å²) in [7, 11) is 1.33. The normalized spacial score (nSPS) is 34.7. The van der Waals surface area contributed by atoms with Gasteiger partial charge in [0.15, 0.2) is 23.4 Å². The summed E-state index contributed by atoms with van der Waals surface area (Å²) in [5.41, 5.74) is 0.117. The summed E-state index contributed by atoms with van der Waals surface area (Å²) < 4.78 is 23.6. The largest absolute Gasteiger partial charge is 0.490 e. The van der Waals surface area contributed by atoms with E-state index in [1.165, 1.54) is 31.4 Å². The summed E-state index contributed by atoms with van der Waals surface area (Å²) in [6.07, 6.45) is 4.90. The first-order valence-corrected chi connectivity index (χ1v) is 14.6. The molecule has 2 aromatic carbocycles. The average molecular weight is 594 g/mol. The molecule has 1 aliphatic carbocycles. The van der Waals surface area contributed by atoms with Crippen LogP contribution in [0.3, 0.4) is 0 Å². The molecule has 7 rings (SSSR count). The van der Waals surface area contributed by atoms with Crippen molar-refractivity contribution in [2.24, 2.45) is 23.7 Å². The van der Waals surface area contributed by atoms with Crippen LogP contribution in [0.4, 0.5) is 5.69 Å². The first-order valence-electron chi connectivity index (χ1n) is 14.6. The van der Waals surface area contributed by atoms with Crippen LogP contribution < -0.4 is 4.74 Å². The molecule has 4 saturated heterocycles. The number of carbonyl (C=O) groups is 2. The molecular formula is C32H35NO10. The Bertz CT molecular complexity index is 1460. The Balaban J connectivity index is 1.13. The minimum atomic E-state index is -0.917. The quantitative estimate of drug-likeness (QED) is 0.0959. The van der Waals surface area contributed by atoms with Crippen LogP contribution in [0.2, 0.25) is 0 Å². The summed E-state index contributed by atoms with van der Waals surface area (Å²) in [6, 6.07) is 10.6. The number of ether oxygens (including phenoxy) is 4. The summed E-state index contributed by atoms with van der Waals surface area (Å²) in [6.45, 7) is 6.11. The Labute approximate surface area is 249 Å². The summed E-state index contributed by atoms with van der Waals surface area (Å²) in [4.78, 5) is 48.5. The van der Waals surface area contributed by atoms with Crippen molar-refractivity contribution in [1.82, 2.24) is 0 Å². The highest BCUT2D eigenvalue weighted by Gasteiger charge is 2.69. The number of hydrogen-bond acceptors (Lipinski definition) is 10. The van der Waals surface area contributed by atoms with Crippen molar-refractivity contribution in [3.8, 4) is 5.75 Å². The van der Waals surface area contributed by atoms with Gasteiger partial charge >= 0.3 is 11.7 Å². The third kappa shape index (κ3) is 5.14. The number of nitro groups is 1. The van der Waals surface area contributed by atoms with Crippen LogP contribution in [-0.2, 0) is 24.0 Å². The second-order valence-corrected chi connectivity index (χ2v) is 12.1. The molecule has 11 heteroatoms. The monoisotopic (exact) mass is 593 g/mol. The minimum absolute atomic E-state index is 0.0325. The number of benzene rings is 2. The Morgan fingerprint density at radius 2 is 1.77 bits per heavy atom. The van der Waals surface area contributed by atoms with E-state index in [1.807, 2.05) is 13.8 Å². The van der Waals surface area contributed by atoms with Crippen LogP contribution in [0.5, 0.6) is 5.75 Å². The highest BCUT2D eigenvalue weighted by atomic mass is 17.3. The first kappa shape index (κ1) is 29.4. The third-order valence-electron chi connectivity index (χ3n) is 9.55. The predicted octanol–water partition coefficient (Wildman–Crippen LogP) is 5.86. The van der Waals surface area contributed by atoms with Crippen LogP contribution in [-0.4, -0.2) is 47.8 Å². The average Bonchev–Trinajstić information content (AvgIpc) is 3.24. The summed E-state index contributed by atoms with van der Waals surface area (Å²) >= 11 is 0. The molecule has 1 spiro atoms. The van der Waals surface area contributed by atoms with Gasteiger partial charge in [-0.1, -0.05) is 32.1 Å². The molecule has 1 unspecified atom stereocenters. The summed E-state index contributed by atoms with van der Waals surface area (Å²) in [5.74, 6) is -1.26. The second-order valence-electron chi connectivity index (χ2n) is 12.1. The Morgan fingerprint density at radius 1 is 1.02 bits per heavy atom. The zero-order valence-corrected chi connectivity index (χ0v) is 24.5. The second kappa shape index (κ2) is 11.1. The number of methoxy groups -OCH3 is 1. The summed E-state index contributed by atoms with van der Waals surface area (Å²) in [5, 5.41) is 11.3. The van der Waals surface area contributed by atoms with Crippen molar-refractivity contribution in [1.29, 1.82) is 0 Å². The third-order valence-corrected chi connectivity index (χ3v) is 9.55. The van der Waals surface area contributed by atoms with Gasteiger partial charge in [0, 0.05) is 29.9 Å². The number of rotatable bonds is 7. The number of allylic oxidation sites excluding steroid dienone is 1. The van der Waals surface area contributed by atoms with Gasteiger partial charge in [-0.3, -0.25) is 14.9 Å². The van der Waals surface area contributed by atoms with E-state index < -0.39 is 40.6 Å². The van der Waals surface area contributed by atoms with Gasteiger partial charge in [-0.15, -0.1) is 0 Å². The highest BCUT2D eigenvalue weighted by Crippen LogP contribution is 2.60.